The first kappa shape index (κ1) is 15.4. The highest BCUT2D eigenvalue weighted by Gasteiger charge is 2.25. The fourth-order valence-corrected chi connectivity index (χ4v) is 2.45. The Hall–Kier alpha value is -2.51. The van der Waals surface area contributed by atoms with Crippen LogP contribution in [-0.2, 0) is 13.2 Å². The van der Waals surface area contributed by atoms with Crippen LogP contribution in [-0.4, -0.2) is 22.6 Å². The van der Waals surface area contributed by atoms with Gasteiger partial charge in [0.05, 0.1) is 0 Å². The molecule has 1 aromatic carbocycles. The summed E-state index contributed by atoms with van der Waals surface area (Å²) in [5.41, 5.74) is -0.632. The van der Waals surface area contributed by atoms with Crippen molar-refractivity contribution in [2.24, 2.45) is 0 Å². The molecule has 5 nitrogen and oxygen atoms in total. The van der Waals surface area contributed by atoms with Crippen LogP contribution in [0.2, 0.25) is 0 Å². The van der Waals surface area contributed by atoms with Gasteiger partial charge < -0.3 is 9.64 Å². The molecular weight excluding hydrogens is 311 g/mol. The van der Waals surface area contributed by atoms with E-state index in [4.69, 9.17) is 4.74 Å². The smallest absolute Gasteiger partial charge is 0.352 e. The first-order valence-corrected chi connectivity index (χ1v) is 6.97. The Balaban J connectivity index is 1.84. The molecule has 0 saturated heterocycles. The van der Waals surface area contributed by atoms with E-state index in [1.807, 2.05) is 18.9 Å². The first-order chi connectivity index (χ1) is 10.9. The highest BCUT2D eigenvalue weighted by atomic mass is 19.2. The van der Waals surface area contributed by atoms with E-state index in [1.165, 1.54) is 4.57 Å². The van der Waals surface area contributed by atoms with E-state index in [-0.39, 0.29) is 24.1 Å². The van der Waals surface area contributed by atoms with Gasteiger partial charge in [0.15, 0.2) is 11.6 Å². The Morgan fingerprint density at radius 1 is 1.22 bits per heavy atom. The van der Waals surface area contributed by atoms with Crippen LogP contribution in [0.5, 0.6) is 5.88 Å². The number of fused-ring (bicyclic) bond motifs is 1. The van der Waals surface area contributed by atoms with Gasteiger partial charge >= 0.3 is 5.69 Å². The molecule has 1 aliphatic heterocycles. The number of ether oxygens (including phenoxy) is 1. The van der Waals surface area contributed by atoms with Gasteiger partial charge in [-0.05, 0) is 13.0 Å². The van der Waals surface area contributed by atoms with E-state index in [0.717, 1.165) is 6.07 Å². The van der Waals surface area contributed by atoms with Crippen molar-refractivity contribution in [3.05, 3.63) is 51.7 Å². The number of benzene rings is 1. The summed E-state index contributed by atoms with van der Waals surface area (Å²) in [5, 5.41) is 0. The van der Waals surface area contributed by atoms with Crippen LogP contribution in [0.4, 0.5) is 19.0 Å². The second-order valence-corrected chi connectivity index (χ2v) is 5.45. The molecule has 122 valence electrons. The van der Waals surface area contributed by atoms with Crippen molar-refractivity contribution in [3.8, 4) is 5.88 Å². The van der Waals surface area contributed by atoms with E-state index >= 15 is 0 Å². The summed E-state index contributed by atoms with van der Waals surface area (Å²) in [4.78, 5) is 17.6. The Morgan fingerprint density at radius 3 is 2.65 bits per heavy atom. The van der Waals surface area contributed by atoms with Gasteiger partial charge in [0.25, 0.3) is 0 Å². The normalized spacial score (nSPS) is 16.6. The Bertz CT molecular complexity index is 822. The topological polar surface area (TPSA) is 47.4 Å². The number of rotatable bonds is 3. The summed E-state index contributed by atoms with van der Waals surface area (Å²) >= 11 is 0. The minimum Gasteiger partial charge on any atom is -0.472 e. The number of hydrogen-bond donors (Lipinski definition) is 0. The molecule has 23 heavy (non-hydrogen) atoms. The van der Waals surface area contributed by atoms with E-state index in [1.54, 1.807) is 6.07 Å². The number of hydrogen-bond acceptors (Lipinski definition) is 4. The second-order valence-electron chi connectivity index (χ2n) is 5.45. The zero-order valence-electron chi connectivity index (χ0n) is 12.5. The summed E-state index contributed by atoms with van der Waals surface area (Å²) in [6.07, 6.45) is 0. The van der Waals surface area contributed by atoms with Crippen LogP contribution in [0.1, 0.15) is 12.5 Å². The predicted molar refractivity (Wildman–Crippen MR) is 77.0 cm³/mol. The molecule has 8 heteroatoms. The lowest BCUT2D eigenvalue weighted by atomic mass is 10.2. The number of aromatic nitrogens is 2. The minimum absolute atomic E-state index is 0.00586. The standard InChI is InChI=1S/C15H14F3N3O2/c1-8-6-21-14(20(8)2)5-13(19-15(21)22)23-7-9-3-11(17)12(18)4-10(9)16/h3-5,8H,6-7H2,1-2H3/t8-/m0/s1. The minimum atomic E-state index is -1.27. The molecule has 0 unspecified atom stereocenters. The molecule has 1 atom stereocenters. The molecule has 0 N–H and O–H groups in total. The van der Waals surface area contributed by atoms with Crippen LogP contribution < -0.4 is 15.3 Å². The molecule has 0 spiro atoms. The van der Waals surface area contributed by atoms with E-state index in [2.05, 4.69) is 4.98 Å². The summed E-state index contributed by atoms with van der Waals surface area (Å²) < 4.78 is 46.4. The Kier molecular flexibility index (Phi) is 3.75. The molecule has 0 saturated carbocycles. The average Bonchev–Trinajstić information content (AvgIpc) is 2.78. The molecule has 2 heterocycles. The molecule has 1 aliphatic rings. The molecule has 0 radical (unpaired) electrons. The van der Waals surface area contributed by atoms with E-state index < -0.39 is 23.1 Å². The highest BCUT2D eigenvalue weighted by Crippen LogP contribution is 2.25. The number of nitrogens with zero attached hydrogens (tertiary/aromatic N) is 3. The number of halogens is 3. The zero-order chi connectivity index (χ0) is 16.7. The van der Waals surface area contributed by atoms with Gasteiger partial charge in [0, 0.05) is 37.3 Å². The fourth-order valence-electron chi connectivity index (χ4n) is 2.45. The molecule has 0 aliphatic carbocycles. The average molecular weight is 325 g/mol. The summed E-state index contributed by atoms with van der Waals surface area (Å²) in [5.74, 6) is -2.71. The maximum absolute atomic E-state index is 13.6. The molecule has 2 aromatic rings. The molecule has 0 amide bonds. The predicted octanol–water partition coefficient (Wildman–Crippen LogP) is 2.08. The lowest BCUT2D eigenvalue weighted by Gasteiger charge is -2.16. The lowest BCUT2D eigenvalue weighted by Crippen LogP contribution is -2.23. The quantitative estimate of drug-likeness (QED) is 0.811. The summed E-state index contributed by atoms with van der Waals surface area (Å²) in [7, 11) is 1.84. The maximum Gasteiger partial charge on any atom is 0.352 e. The van der Waals surface area contributed by atoms with Crippen molar-refractivity contribution in [2.45, 2.75) is 26.1 Å². The van der Waals surface area contributed by atoms with Crippen LogP contribution in [0, 0.1) is 17.5 Å². The van der Waals surface area contributed by atoms with Gasteiger partial charge in [0.2, 0.25) is 5.88 Å². The zero-order valence-corrected chi connectivity index (χ0v) is 12.5. The summed E-state index contributed by atoms with van der Waals surface area (Å²) in [6.45, 7) is 2.12. The molecular formula is C15H14F3N3O2. The van der Waals surface area contributed by atoms with Crippen LogP contribution in [0.25, 0.3) is 0 Å². The first-order valence-electron chi connectivity index (χ1n) is 6.97. The van der Waals surface area contributed by atoms with E-state index in [9.17, 15) is 18.0 Å². The Morgan fingerprint density at radius 2 is 1.91 bits per heavy atom. The number of anilines is 1. The largest absolute Gasteiger partial charge is 0.472 e. The lowest BCUT2D eigenvalue weighted by molar-refractivity contribution is 0.284. The fraction of sp³-hybridized carbons (Fsp3) is 0.333. The Labute approximate surface area is 129 Å². The maximum atomic E-state index is 13.6. The third kappa shape index (κ3) is 2.76. The molecule has 1 aromatic heterocycles. The van der Waals surface area contributed by atoms with Gasteiger partial charge in [-0.1, -0.05) is 0 Å². The molecule has 0 fully saturated rings. The van der Waals surface area contributed by atoms with Gasteiger partial charge in [-0.2, -0.15) is 4.98 Å². The molecule has 0 bridgehead atoms. The van der Waals surface area contributed by atoms with Gasteiger partial charge in [-0.3, -0.25) is 4.57 Å². The summed E-state index contributed by atoms with van der Waals surface area (Å²) in [6, 6.07) is 2.87. The third-order valence-corrected chi connectivity index (χ3v) is 3.90. The second kappa shape index (κ2) is 5.60. The highest BCUT2D eigenvalue weighted by molar-refractivity contribution is 5.45. The monoisotopic (exact) mass is 325 g/mol. The molecule has 3 rings (SSSR count). The van der Waals surface area contributed by atoms with Crippen LogP contribution >= 0.6 is 0 Å². The van der Waals surface area contributed by atoms with Crippen molar-refractivity contribution in [1.29, 1.82) is 0 Å². The van der Waals surface area contributed by atoms with Crippen molar-refractivity contribution in [1.82, 2.24) is 9.55 Å². The van der Waals surface area contributed by atoms with Crippen molar-refractivity contribution in [2.75, 3.05) is 11.9 Å². The van der Waals surface area contributed by atoms with E-state index in [0.29, 0.717) is 18.4 Å². The van der Waals surface area contributed by atoms with Crippen molar-refractivity contribution in [3.63, 3.8) is 0 Å². The van der Waals surface area contributed by atoms with Gasteiger partial charge in [0.1, 0.15) is 18.2 Å². The van der Waals surface area contributed by atoms with Crippen LogP contribution in [0.3, 0.4) is 0 Å². The van der Waals surface area contributed by atoms with Gasteiger partial charge in [-0.25, -0.2) is 18.0 Å². The van der Waals surface area contributed by atoms with Crippen molar-refractivity contribution >= 4 is 5.82 Å². The number of likely N-dealkylation sites (N-methyl/N-ethyl adjacent to an activating group) is 1. The third-order valence-electron chi connectivity index (χ3n) is 3.90. The van der Waals surface area contributed by atoms with Crippen molar-refractivity contribution < 1.29 is 17.9 Å². The SMILES string of the molecule is C[C@H]1Cn2c(cc(OCc3cc(F)c(F)cc3F)nc2=O)N1C. The van der Waals surface area contributed by atoms with Gasteiger partial charge in [-0.15, -0.1) is 0 Å². The van der Waals surface area contributed by atoms with Crippen LogP contribution in [0.15, 0.2) is 23.0 Å².